The fourth-order valence-electron chi connectivity index (χ4n) is 4.02. The molecule has 0 bridgehead atoms. The number of hydrogen-bond donors (Lipinski definition) is 0. The molecule has 0 amide bonds. The molecule has 0 aliphatic rings. The summed E-state index contributed by atoms with van der Waals surface area (Å²) < 4.78 is 9.54. The van der Waals surface area contributed by atoms with Crippen LogP contribution in [0.25, 0.3) is 43.8 Å². The van der Waals surface area contributed by atoms with Gasteiger partial charge in [-0.1, -0.05) is 0 Å². The van der Waals surface area contributed by atoms with Crippen LogP contribution in [0.1, 0.15) is 0 Å². The Kier molecular flexibility index (Phi) is 4.33. The quantitative estimate of drug-likeness (QED) is 0.285. The number of non-ortho nitro benzene ring substituents is 2. The molecule has 12 nitrogen and oxygen atoms in total. The smallest absolute Gasteiger partial charge is 0.347 e. The molecule has 12 heteroatoms. The van der Waals surface area contributed by atoms with Gasteiger partial charge >= 0.3 is 22.5 Å². The van der Waals surface area contributed by atoms with E-state index in [0.717, 1.165) is 24.3 Å². The molecule has 0 aliphatic carbocycles. The van der Waals surface area contributed by atoms with Gasteiger partial charge in [-0.05, 0) is 35.4 Å². The summed E-state index contributed by atoms with van der Waals surface area (Å²) in [7, 11) is 0. The molecule has 2 heterocycles. The first-order chi connectivity index (χ1) is 16.2. The van der Waals surface area contributed by atoms with Crippen LogP contribution in [0.15, 0.2) is 76.5 Å². The second-order valence-corrected chi connectivity index (χ2v) is 7.21. The molecule has 0 saturated heterocycles. The molecule has 0 spiro atoms. The first-order valence-corrected chi connectivity index (χ1v) is 9.45. The maximum absolute atomic E-state index is 12.7. The Morgan fingerprint density at radius 2 is 0.765 bits per heavy atom. The normalized spacial score (nSPS) is 11.3. The zero-order valence-corrected chi connectivity index (χ0v) is 16.6. The molecular formula is C22H8N2O10. The molecule has 166 valence electrons. The summed E-state index contributed by atoms with van der Waals surface area (Å²) in [6.07, 6.45) is 0. The van der Waals surface area contributed by atoms with E-state index in [1.807, 2.05) is 0 Å². The first-order valence-electron chi connectivity index (χ1n) is 9.45. The standard InChI is InChI=1S/C22H8N2O10/c25-19-15-13(9-1-5-11(6-2-9)23(29)30)16-18(22(28)34-20(16)26)14(17(15)21(27)33-19)10-3-7-12(8-4-10)24(31)32/h1-8H. The number of benzene rings is 3. The van der Waals surface area contributed by atoms with Crippen LogP contribution in [0.5, 0.6) is 0 Å². The van der Waals surface area contributed by atoms with Crippen LogP contribution in [-0.2, 0) is 0 Å². The lowest BCUT2D eigenvalue weighted by Crippen LogP contribution is -2.02. The van der Waals surface area contributed by atoms with E-state index in [-0.39, 0.29) is 55.2 Å². The largest absolute Gasteiger partial charge is 0.386 e. The van der Waals surface area contributed by atoms with E-state index in [9.17, 15) is 39.4 Å². The summed E-state index contributed by atoms with van der Waals surface area (Å²) in [6.45, 7) is 0. The number of rotatable bonds is 4. The van der Waals surface area contributed by atoms with Crippen LogP contribution in [0.4, 0.5) is 11.4 Å². The van der Waals surface area contributed by atoms with Gasteiger partial charge in [0.15, 0.2) is 0 Å². The molecule has 5 rings (SSSR count). The highest BCUT2D eigenvalue weighted by Crippen LogP contribution is 2.40. The summed E-state index contributed by atoms with van der Waals surface area (Å²) in [5, 5.41) is 20.7. The Morgan fingerprint density at radius 1 is 0.500 bits per heavy atom. The lowest BCUT2D eigenvalue weighted by molar-refractivity contribution is -0.385. The Balaban J connectivity index is 1.99. The number of furan rings is 2. The van der Waals surface area contributed by atoms with Gasteiger partial charge < -0.3 is 8.83 Å². The van der Waals surface area contributed by atoms with Gasteiger partial charge in [-0.15, -0.1) is 0 Å². The van der Waals surface area contributed by atoms with Crippen molar-refractivity contribution in [3.8, 4) is 22.3 Å². The molecule has 0 fully saturated rings. The molecule has 2 aromatic heterocycles. The molecule has 0 aliphatic heterocycles. The summed E-state index contributed by atoms with van der Waals surface area (Å²) in [6, 6.07) is 9.53. The minimum Gasteiger partial charge on any atom is -0.386 e. The highest BCUT2D eigenvalue weighted by Gasteiger charge is 2.29. The van der Waals surface area contributed by atoms with Gasteiger partial charge in [0.05, 0.1) is 31.4 Å². The van der Waals surface area contributed by atoms with Crippen molar-refractivity contribution in [1.82, 2.24) is 0 Å². The number of nitrogens with zero attached hydrogens (tertiary/aromatic N) is 2. The van der Waals surface area contributed by atoms with E-state index < -0.39 is 32.3 Å². The van der Waals surface area contributed by atoms with Crippen LogP contribution >= 0.6 is 0 Å². The number of nitro groups is 2. The van der Waals surface area contributed by atoms with Crippen LogP contribution in [0, 0.1) is 20.2 Å². The average molecular weight is 460 g/mol. The minimum atomic E-state index is -1.09. The monoisotopic (exact) mass is 460 g/mol. The van der Waals surface area contributed by atoms with Crippen molar-refractivity contribution < 1.29 is 18.7 Å². The Morgan fingerprint density at radius 3 is 1.00 bits per heavy atom. The van der Waals surface area contributed by atoms with Crippen LogP contribution in [-0.4, -0.2) is 9.85 Å². The van der Waals surface area contributed by atoms with Gasteiger partial charge in [0, 0.05) is 35.4 Å². The zero-order chi connectivity index (χ0) is 24.3. The number of hydrogen-bond acceptors (Lipinski definition) is 10. The highest BCUT2D eigenvalue weighted by molar-refractivity contribution is 6.20. The Hall–Kier alpha value is -5.26. The van der Waals surface area contributed by atoms with E-state index in [0.29, 0.717) is 0 Å². The third-order valence-electron chi connectivity index (χ3n) is 5.42. The van der Waals surface area contributed by atoms with Crippen LogP contribution in [0.3, 0.4) is 0 Å². The van der Waals surface area contributed by atoms with Gasteiger partial charge in [0.25, 0.3) is 11.4 Å². The predicted molar refractivity (Wildman–Crippen MR) is 118 cm³/mol. The molecule has 0 atom stereocenters. The van der Waals surface area contributed by atoms with E-state index in [1.165, 1.54) is 24.3 Å². The third-order valence-corrected chi connectivity index (χ3v) is 5.42. The predicted octanol–water partition coefficient (Wildman–Crippen LogP) is 2.65. The van der Waals surface area contributed by atoms with Crippen molar-refractivity contribution in [3.05, 3.63) is 110 Å². The number of fused-ring (bicyclic) bond motifs is 2. The van der Waals surface area contributed by atoms with Crippen molar-refractivity contribution in [2.24, 2.45) is 0 Å². The molecule has 0 N–H and O–H groups in total. The van der Waals surface area contributed by atoms with Gasteiger partial charge in [0.2, 0.25) is 0 Å². The van der Waals surface area contributed by atoms with Crippen molar-refractivity contribution in [1.29, 1.82) is 0 Å². The maximum Gasteiger partial charge on any atom is 0.347 e. The first kappa shape index (κ1) is 20.6. The Labute approximate surface area is 184 Å². The van der Waals surface area contributed by atoms with Gasteiger partial charge in [0.1, 0.15) is 0 Å². The van der Waals surface area contributed by atoms with Crippen LogP contribution < -0.4 is 22.5 Å². The molecule has 34 heavy (non-hydrogen) atoms. The summed E-state index contributed by atoms with van der Waals surface area (Å²) >= 11 is 0. The SMILES string of the molecule is O=c1oc(=O)c2c(-c3ccc([N+](=O)[O-])cc3)c3c(=O)oc(=O)c3c(-c3ccc([N+](=O)[O-])cc3)c12. The average Bonchev–Trinajstić information content (AvgIpc) is 3.27. The van der Waals surface area contributed by atoms with E-state index in [4.69, 9.17) is 8.83 Å². The van der Waals surface area contributed by atoms with Gasteiger partial charge in [-0.2, -0.15) is 0 Å². The van der Waals surface area contributed by atoms with Crippen LogP contribution in [0.2, 0.25) is 0 Å². The fourth-order valence-corrected chi connectivity index (χ4v) is 4.02. The van der Waals surface area contributed by atoms with Gasteiger partial charge in [-0.3, -0.25) is 20.2 Å². The van der Waals surface area contributed by atoms with E-state index in [2.05, 4.69) is 0 Å². The van der Waals surface area contributed by atoms with E-state index >= 15 is 0 Å². The molecule has 0 saturated carbocycles. The maximum atomic E-state index is 12.7. The van der Waals surface area contributed by atoms with Crippen molar-refractivity contribution in [2.45, 2.75) is 0 Å². The molecular weight excluding hydrogens is 452 g/mol. The Bertz CT molecular complexity index is 1660. The third kappa shape index (κ3) is 2.86. The second-order valence-electron chi connectivity index (χ2n) is 7.21. The summed E-state index contributed by atoms with van der Waals surface area (Å²) in [5.74, 6) is 0. The summed E-state index contributed by atoms with van der Waals surface area (Å²) in [4.78, 5) is 71.5. The molecule has 3 aromatic carbocycles. The second kappa shape index (κ2) is 7.13. The lowest BCUT2D eigenvalue weighted by Gasteiger charge is -2.09. The van der Waals surface area contributed by atoms with Crippen molar-refractivity contribution in [3.63, 3.8) is 0 Å². The van der Waals surface area contributed by atoms with E-state index in [1.54, 1.807) is 0 Å². The lowest BCUT2D eigenvalue weighted by atomic mass is 9.89. The highest BCUT2D eigenvalue weighted by atomic mass is 16.6. The van der Waals surface area contributed by atoms with Crippen molar-refractivity contribution >= 4 is 32.9 Å². The molecule has 0 radical (unpaired) electrons. The molecule has 0 unspecified atom stereocenters. The fraction of sp³-hybridized carbons (Fsp3) is 0. The molecule has 5 aromatic rings. The zero-order valence-electron chi connectivity index (χ0n) is 16.6. The van der Waals surface area contributed by atoms with Gasteiger partial charge in [-0.25, -0.2) is 19.2 Å². The number of nitro benzene ring substituents is 2. The topological polar surface area (TPSA) is 181 Å². The minimum absolute atomic E-state index is 0.131. The van der Waals surface area contributed by atoms with Crippen molar-refractivity contribution in [2.75, 3.05) is 0 Å². The summed E-state index contributed by atoms with van der Waals surface area (Å²) in [5.41, 5.74) is -4.92.